The van der Waals surface area contributed by atoms with Crippen LogP contribution in [0.4, 0.5) is 0 Å². The molecule has 3 rings (SSSR count). The molecule has 5 nitrogen and oxygen atoms in total. The van der Waals surface area contributed by atoms with E-state index in [-0.39, 0.29) is 11.4 Å². The van der Waals surface area contributed by atoms with Crippen LogP contribution in [0.25, 0.3) is 16.9 Å². The maximum atomic E-state index is 11.3. The van der Waals surface area contributed by atoms with Gasteiger partial charge in [0.1, 0.15) is 11.6 Å². The molecule has 5 heteroatoms. The molecule has 0 spiro atoms. The van der Waals surface area contributed by atoms with Gasteiger partial charge in [-0.1, -0.05) is 18.2 Å². The number of pyridine rings is 1. The highest BCUT2D eigenvalue weighted by Crippen LogP contribution is 2.25. The summed E-state index contributed by atoms with van der Waals surface area (Å²) in [7, 11) is 0. The van der Waals surface area contributed by atoms with E-state index >= 15 is 0 Å². The van der Waals surface area contributed by atoms with Crippen LogP contribution in [0, 0.1) is 6.92 Å². The highest BCUT2D eigenvalue weighted by atomic mass is 16.4. The topological polar surface area (TPSA) is 74.8 Å². The fourth-order valence-corrected chi connectivity index (χ4v) is 2.20. The summed E-state index contributed by atoms with van der Waals surface area (Å²) in [5.41, 5.74) is 2.19. The minimum absolute atomic E-state index is 0.00310. The maximum absolute atomic E-state index is 11.3. The van der Waals surface area contributed by atoms with Crippen molar-refractivity contribution in [2.45, 2.75) is 6.92 Å². The summed E-state index contributed by atoms with van der Waals surface area (Å²) in [6, 6.07) is 10.2. The molecule has 0 aliphatic heterocycles. The molecule has 0 atom stereocenters. The molecule has 0 radical (unpaired) electrons. The van der Waals surface area contributed by atoms with E-state index in [9.17, 15) is 15.0 Å². The number of hydrogen-bond acceptors (Lipinski definition) is 3. The van der Waals surface area contributed by atoms with Crippen molar-refractivity contribution in [1.29, 1.82) is 0 Å². The Labute approximate surface area is 114 Å². The summed E-state index contributed by atoms with van der Waals surface area (Å²) in [6.07, 6.45) is 1.83. The number of carboxylic acids is 1. The van der Waals surface area contributed by atoms with Crippen molar-refractivity contribution in [3.63, 3.8) is 0 Å². The number of aromatic nitrogens is 2. The molecule has 0 aliphatic carbocycles. The summed E-state index contributed by atoms with van der Waals surface area (Å²) in [4.78, 5) is 15.5. The summed E-state index contributed by atoms with van der Waals surface area (Å²) in [6.45, 7) is 1.92. The second-order valence-corrected chi connectivity index (χ2v) is 4.60. The molecule has 0 aliphatic rings. The van der Waals surface area contributed by atoms with Crippen molar-refractivity contribution in [3.8, 4) is 17.1 Å². The molecule has 1 aromatic carbocycles. The Morgan fingerprint density at radius 3 is 2.75 bits per heavy atom. The van der Waals surface area contributed by atoms with E-state index in [1.54, 1.807) is 34.7 Å². The normalized spacial score (nSPS) is 10.8. The zero-order chi connectivity index (χ0) is 14.3. The number of rotatable bonds is 2. The van der Waals surface area contributed by atoms with Gasteiger partial charge in [-0.15, -0.1) is 0 Å². The van der Waals surface area contributed by atoms with Gasteiger partial charge < -0.3 is 10.2 Å². The number of phenols is 1. The second-order valence-electron chi connectivity index (χ2n) is 4.60. The number of hydrogen-bond donors (Lipinski definition) is 2. The smallest absolute Gasteiger partial charge is 0.356 e. The van der Waals surface area contributed by atoms with Gasteiger partial charge in [-0.25, -0.2) is 9.78 Å². The Bertz CT molecular complexity index is 821. The van der Waals surface area contributed by atoms with Gasteiger partial charge in [0.15, 0.2) is 5.69 Å². The standard InChI is InChI=1S/C15H12N2O3/c1-9-5-6-12-13(15(19)20)16-14(17(12)8-9)10-3-2-4-11(18)7-10/h2-8,18H,1H3,(H,19,20). The molecule has 2 N–H and O–H groups in total. The van der Waals surface area contributed by atoms with Gasteiger partial charge in [-0.2, -0.15) is 0 Å². The minimum atomic E-state index is -1.07. The average Bonchev–Trinajstić information content (AvgIpc) is 2.77. The number of fused-ring (bicyclic) bond motifs is 1. The van der Waals surface area contributed by atoms with Crippen molar-refractivity contribution >= 4 is 11.5 Å². The Hall–Kier alpha value is -2.82. The maximum Gasteiger partial charge on any atom is 0.356 e. The third-order valence-electron chi connectivity index (χ3n) is 3.09. The van der Waals surface area contributed by atoms with Gasteiger partial charge in [-0.3, -0.25) is 4.40 Å². The minimum Gasteiger partial charge on any atom is -0.508 e. The molecule has 100 valence electrons. The molecule has 2 aromatic heterocycles. The molecule has 3 aromatic rings. The highest BCUT2D eigenvalue weighted by Gasteiger charge is 2.17. The van der Waals surface area contributed by atoms with E-state index < -0.39 is 5.97 Å². The van der Waals surface area contributed by atoms with Crippen LogP contribution in [0.1, 0.15) is 16.1 Å². The third kappa shape index (κ3) is 1.89. The molecule has 0 saturated heterocycles. The van der Waals surface area contributed by atoms with Crippen LogP contribution in [0.3, 0.4) is 0 Å². The van der Waals surface area contributed by atoms with Crippen LogP contribution < -0.4 is 0 Å². The molecule has 2 heterocycles. The molecule has 0 unspecified atom stereocenters. The van der Waals surface area contributed by atoms with Crippen molar-refractivity contribution in [1.82, 2.24) is 9.38 Å². The molecule has 0 amide bonds. The highest BCUT2D eigenvalue weighted by molar-refractivity contribution is 5.95. The Morgan fingerprint density at radius 2 is 2.05 bits per heavy atom. The Balaban J connectivity index is 2.35. The summed E-state index contributed by atoms with van der Waals surface area (Å²) in [5, 5.41) is 18.8. The summed E-state index contributed by atoms with van der Waals surface area (Å²) < 4.78 is 1.73. The van der Waals surface area contributed by atoms with Crippen LogP contribution >= 0.6 is 0 Å². The Kier molecular flexibility index (Phi) is 2.68. The lowest BCUT2D eigenvalue weighted by atomic mass is 10.2. The van der Waals surface area contributed by atoms with Crippen molar-refractivity contribution in [2.75, 3.05) is 0 Å². The van der Waals surface area contributed by atoms with Crippen LogP contribution in [0.5, 0.6) is 5.75 Å². The number of carbonyl (C=O) groups is 1. The lowest BCUT2D eigenvalue weighted by Crippen LogP contribution is -1.97. The zero-order valence-electron chi connectivity index (χ0n) is 10.7. The molecule has 0 saturated carbocycles. The van der Waals surface area contributed by atoms with Gasteiger partial charge >= 0.3 is 5.97 Å². The van der Waals surface area contributed by atoms with E-state index in [1.807, 2.05) is 19.2 Å². The van der Waals surface area contributed by atoms with Crippen LogP contribution in [0.2, 0.25) is 0 Å². The lowest BCUT2D eigenvalue weighted by Gasteiger charge is -2.03. The van der Waals surface area contributed by atoms with Crippen molar-refractivity contribution in [2.24, 2.45) is 0 Å². The predicted octanol–water partition coefficient (Wildman–Crippen LogP) is 2.71. The number of aromatic carboxylic acids is 1. The average molecular weight is 268 g/mol. The molecule has 0 bridgehead atoms. The summed E-state index contributed by atoms with van der Waals surface area (Å²) >= 11 is 0. The van der Waals surface area contributed by atoms with Gasteiger partial charge in [-0.05, 0) is 30.7 Å². The third-order valence-corrected chi connectivity index (χ3v) is 3.09. The van der Waals surface area contributed by atoms with Crippen molar-refractivity contribution in [3.05, 3.63) is 53.9 Å². The van der Waals surface area contributed by atoms with Crippen LogP contribution in [0.15, 0.2) is 42.6 Å². The van der Waals surface area contributed by atoms with Gasteiger partial charge in [0.05, 0.1) is 5.52 Å². The SMILES string of the molecule is Cc1ccc2c(C(=O)O)nc(-c3cccc(O)c3)n2c1. The first-order valence-corrected chi connectivity index (χ1v) is 6.07. The Morgan fingerprint density at radius 1 is 1.25 bits per heavy atom. The zero-order valence-corrected chi connectivity index (χ0v) is 10.7. The molecular formula is C15H12N2O3. The first-order chi connectivity index (χ1) is 9.56. The van der Waals surface area contributed by atoms with E-state index in [0.29, 0.717) is 16.9 Å². The fourth-order valence-electron chi connectivity index (χ4n) is 2.20. The van der Waals surface area contributed by atoms with E-state index in [4.69, 9.17) is 0 Å². The number of imidazole rings is 1. The molecule has 20 heavy (non-hydrogen) atoms. The van der Waals surface area contributed by atoms with Crippen molar-refractivity contribution < 1.29 is 15.0 Å². The van der Waals surface area contributed by atoms with E-state index in [2.05, 4.69) is 4.98 Å². The number of aromatic hydroxyl groups is 1. The number of benzene rings is 1. The lowest BCUT2D eigenvalue weighted by molar-refractivity contribution is 0.0693. The number of nitrogens with zero attached hydrogens (tertiary/aromatic N) is 2. The quantitative estimate of drug-likeness (QED) is 0.749. The number of carboxylic acid groups (broad SMARTS) is 1. The van der Waals surface area contributed by atoms with Gasteiger partial charge in [0.25, 0.3) is 0 Å². The number of aryl methyl sites for hydroxylation is 1. The van der Waals surface area contributed by atoms with Crippen LogP contribution in [-0.4, -0.2) is 25.6 Å². The first-order valence-electron chi connectivity index (χ1n) is 6.07. The van der Waals surface area contributed by atoms with E-state index in [0.717, 1.165) is 5.56 Å². The number of phenolic OH excluding ortho intramolecular Hbond substituents is 1. The predicted molar refractivity (Wildman–Crippen MR) is 74.0 cm³/mol. The molecular weight excluding hydrogens is 256 g/mol. The summed E-state index contributed by atoms with van der Waals surface area (Å²) in [5.74, 6) is -0.460. The van der Waals surface area contributed by atoms with E-state index in [1.165, 1.54) is 0 Å². The van der Waals surface area contributed by atoms with Crippen LogP contribution in [-0.2, 0) is 0 Å². The molecule has 0 fully saturated rings. The largest absolute Gasteiger partial charge is 0.508 e. The fraction of sp³-hybridized carbons (Fsp3) is 0.0667. The van der Waals surface area contributed by atoms with Gasteiger partial charge in [0.2, 0.25) is 0 Å². The van der Waals surface area contributed by atoms with Gasteiger partial charge in [0, 0.05) is 11.8 Å². The second kappa shape index (κ2) is 4.38. The first kappa shape index (κ1) is 12.2. The monoisotopic (exact) mass is 268 g/mol.